The molecule has 2 aromatic carbocycles. The van der Waals surface area contributed by atoms with Gasteiger partial charge in [-0.1, -0.05) is 0 Å². The Bertz CT molecular complexity index is 775. The Morgan fingerprint density at radius 2 is 1.70 bits per heavy atom. The molecule has 0 heterocycles. The van der Waals surface area contributed by atoms with Gasteiger partial charge < -0.3 is 5.32 Å². The van der Waals surface area contributed by atoms with Crippen LogP contribution in [0, 0.1) is 5.82 Å². The normalized spacial score (nSPS) is 11.2. The van der Waals surface area contributed by atoms with Gasteiger partial charge in [-0.25, -0.2) is 17.9 Å². The molecular weight excluding hydrogens is 339 g/mol. The fourth-order valence-corrected chi connectivity index (χ4v) is 3.11. The molecule has 0 spiro atoms. The van der Waals surface area contributed by atoms with Crippen LogP contribution in [-0.4, -0.2) is 20.1 Å². The molecule has 2 aromatic rings. The number of hydrogen-bond acceptors (Lipinski definition) is 4. The number of thioether (sulfide) groups is 1. The van der Waals surface area contributed by atoms with Crippen LogP contribution in [0.3, 0.4) is 0 Å². The van der Waals surface area contributed by atoms with E-state index in [0.29, 0.717) is 11.4 Å². The molecule has 0 aliphatic carbocycles. The van der Waals surface area contributed by atoms with E-state index >= 15 is 0 Å². The van der Waals surface area contributed by atoms with Crippen molar-refractivity contribution in [1.29, 1.82) is 0 Å². The van der Waals surface area contributed by atoms with Gasteiger partial charge in [0.2, 0.25) is 15.9 Å². The third kappa shape index (κ3) is 5.66. The maximum Gasteiger partial charge on any atom is 0.238 e. The van der Waals surface area contributed by atoms with Crippen molar-refractivity contribution in [2.75, 3.05) is 11.1 Å². The van der Waals surface area contributed by atoms with E-state index in [4.69, 9.17) is 5.14 Å². The fourth-order valence-electron chi connectivity index (χ4n) is 1.74. The molecule has 0 saturated heterocycles. The van der Waals surface area contributed by atoms with Crippen LogP contribution in [0.15, 0.2) is 58.3 Å². The van der Waals surface area contributed by atoms with E-state index in [0.717, 1.165) is 4.90 Å². The molecule has 8 heteroatoms. The van der Waals surface area contributed by atoms with Gasteiger partial charge in [0.05, 0.1) is 4.90 Å². The van der Waals surface area contributed by atoms with Crippen LogP contribution in [0.25, 0.3) is 0 Å². The largest absolute Gasteiger partial charge is 0.326 e. The lowest BCUT2D eigenvalue weighted by Gasteiger charge is -2.06. The van der Waals surface area contributed by atoms with Gasteiger partial charge in [-0.3, -0.25) is 4.79 Å². The number of rotatable bonds is 6. The van der Waals surface area contributed by atoms with Crippen molar-refractivity contribution in [2.45, 2.75) is 16.2 Å². The Balaban J connectivity index is 1.81. The lowest BCUT2D eigenvalue weighted by Crippen LogP contribution is -2.14. The zero-order valence-corrected chi connectivity index (χ0v) is 13.7. The molecule has 0 saturated carbocycles. The first-order valence-corrected chi connectivity index (χ1v) is 9.19. The Morgan fingerprint density at radius 1 is 1.09 bits per heavy atom. The summed E-state index contributed by atoms with van der Waals surface area (Å²) in [6.45, 7) is 0. The molecule has 23 heavy (non-hydrogen) atoms. The highest BCUT2D eigenvalue weighted by Crippen LogP contribution is 2.19. The Morgan fingerprint density at radius 3 is 2.26 bits per heavy atom. The minimum atomic E-state index is -3.74. The van der Waals surface area contributed by atoms with Crippen LogP contribution in [0.5, 0.6) is 0 Å². The SMILES string of the molecule is NS(=O)(=O)c1ccc(NC(=O)CCSc2ccc(F)cc2)cc1. The molecular formula is C15H15FN2O3S2. The number of primary sulfonamides is 1. The van der Waals surface area contributed by atoms with Gasteiger partial charge in [-0.05, 0) is 48.5 Å². The Labute approximate surface area is 138 Å². The van der Waals surface area contributed by atoms with E-state index in [-0.39, 0.29) is 23.0 Å². The zero-order chi connectivity index (χ0) is 16.9. The average Bonchev–Trinajstić information content (AvgIpc) is 2.49. The van der Waals surface area contributed by atoms with Gasteiger partial charge in [-0.15, -0.1) is 11.8 Å². The maximum absolute atomic E-state index is 12.8. The monoisotopic (exact) mass is 354 g/mol. The summed E-state index contributed by atoms with van der Waals surface area (Å²) in [5.74, 6) is 0.0604. The molecule has 0 aromatic heterocycles. The van der Waals surface area contributed by atoms with Gasteiger partial charge in [-0.2, -0.15) is 0 Å². The summed E-state index contributed by atoms with van der Waals surface area (Å²) in [6, 6.07) is 11.7. The van der Waals surface area contributed by atoms with Gasteiger partial charge in [0.15, 0.2) is 0 Å². The van der Waals surface area contributed by atoms with Crippen molar-refractivity contribution in [3.63, 3.8) is 0 Å². The second-order valence-corrected chi connectivity index (χ2v) is 7.40. The summed E-state index contributed by atoms with van der Waals surface area (Å²) in [5, 5.41) is 7.67. The van der Waals surface area contributed by atoms with Crippen LogP contribution in [0.4, 0.5) is 10.1 Å². The molecule has 0 aliphatic rings. The summed E-state index contributed by atoms with van der Waals surface area (Å²) in [4.78, 5) is 12.7. The third-order valence-corrected chi connectivity index (χ3v) is 4.82. The molecule has 122 valence electrons. The highest BCUT2D eigenvalue weighted by Gasteiger charge is 2.08. The molecule has 0 fully saturated rings. The van der Waals surface area contributed by atoms with E-state index in [1.807, 2.05) is 0 Å². The van der Waals surface area contributed by atoms with Crippen molar-refractivity contribution < 1.29 is 17.6 Å². The number of nitrogens with one attached hydrogen (secondary N) is 1. The molecule has 0 radical (unpaired) electrons. The van der Waals surface area contributed by atoms with Crippen molar-refractivity contribution in [3.8, 4) is 0 Å². The van der Waals surface area contributed by atoms with E-state index in [9.17, 15) is 17.6 Å². The lowest BCUT2D eigenvalue weighted by molar-refractivity contribution is -0.115. The quantitative estimate of drug-likeness (QED) is 0.780. The molecule has 1 amide bonds. The highest BCUT2D eigenvalue weighted by atomic mass is 32.2. The van der Waals surface area contributed by atoms with Crippen LogP contribution >= 0.6 is 11.8 Å². The number of halogens is 1. The van der Waals surface area contributed by atoms with E-state index < -0.39 is 10.0 Å². The predicted octanol–water partition coefficient (Wildman–Crippen LogP) is 2.59. The zero-order valence-electron chi connectivity index (χ0n) is 12.0. The standard InChI is InChI=1S/C15H15FN2O3S2/c16-11-1-5-13(6-2-11)22-10-9-15(19)18-12-3-7-14(8-4-12)23(17,20)21/h1-8H,9-10H2,(H,18,19)(H2,17,20,21). The fraction of sp³-hybridized carbons (Fsp3) is 0.133. The van der Waals surface area contributed by atoms with Crippen molar-refractivity contribution >= 4 is 33.4 Å². The Hall–Kier alpha value is -1.90. The number of hydrogen-bond donors (Lipinski definition) is 2. The number of anilines is 1. The van der Waals surface area contributed by atoms with Gasteiger partial charge in [0.1, 0.15) is 5.82 Å². The summed E-state index contributed by atoms with van der Waals surface area (Å²) in [5.41, 5.74) is 0.495. The number of amides is 1. The minimum absolute atomic E-state index is 0.0117. The summed E-state index contributed by atoms with van der Waals surface area (Å²) in [7, 11) is -3.74. The first kappa shape index (κ1) is 17.5. The van der Waals surface area contributed by atoms with Crippen LogP contribution in [0.1, 0.15) is 6.42 Å². The second kappa shape index (κ2) is 7.58. The van der Waals surface area contributed by atoms with Crippen molar-refractivity contribution in [2.24, 2.45) is 5.14 Å². The van der Waals surface area contributed by atoms with Crippen LogP contribution in [0.2, 0.25) is 0 Å². The number of benzene rings is 2. The number of carbonyl (C=O) groups excluding carboxylic acids is 1. The first-order valence-electron chi connectivity index (χ1n) is 6.66. The summed E-state index contributed by atoms with van der Waals surface area (Å²) in [6.07, 6.45) is 0.277. The second-order valence-electron chi connectivity index (χ2n) is 4.67. The van der Waals surface area contributed by atoms with Gasteiger partial charge in [0.25, 0.3) is 0 Å². The minimum Gasteiger partial charge on any atom is -0.326 e. The Kier molecular flexibility index (Phi) is 5.75. The van der Waals surface area contributed by atoms with Crippen molar-refractivity contribution in [3.05, 3.63) is 54.3 Å². The third-order valence-electron chi connectivity index (χ3n) is 2.88. The van der Waals surface area contributed by atoms with E-state index in [1.54, 1.807) is 12.1 Å². The van der Waals surface area contributed by atoms with E-state index in [2.05, 4.69) is 5.32 Å². The van der Waals surface area contributed by atoms with Crippen LogP contribution in [-0.2, 0) is 14.8 Å². The molecule has 3 N–H and O–H groups in total. The van der Waals surface area contributed by atoms with Gasteiger partial charge >= 0.3 is 0 Å². The number of nitrogens with two attached hydrogens (primary N) is 1. The molecule has 0 bridgehead atoms. The van der Waals surface area contributed by atoms with Crippen molar-refractivity contribution in [1.82, 2.24) is 0 Å². The predicted molar refractivity (Wildman–Crippen MR) is 88.2 cm³/mol. The average molecular weight is 354 g/mol. The van der Waals surface area contributed by atoms with E-state index in [1.165, 1.54) is 48.2 Å². The highest BCUT2D eigenvalue weighted by molar-refractivity contribution is 7.99. The molecule has 2 rings (SSSR count). The molecule has 0 atom stereocenters. The maximum atomic E-state index is 12.8. The smallest absolute Gasteiger partial charge is 0.238 e. The molecule has 0 aliphatic heterocycles. The number of carbonyl (C=O) groups is 1. The molecule has 0 unspecified atom stereocenters. The lowest BCUT2D eigenvalue weighted by atomic mass is 10.3. The topological polar surface area (TPSA) is 89.3 Å². The summed E-state index contributed by atoms with van der Waals surface area (Å²) >= 11 is 1.45. The first-order chi connectivity index (χ1) is 10.8. The van der Waals surface area contributed by atoms with Gasteiger partial charge in [0, 0.05) is 22.8 Å². The van der Waals surface area contributed by atoms with Crippen LogP contribution < -0.4 is 10.5 Å². The molecule has 5 nitrogen and oxygen atoms in total. The number of sulfonamides is 1. The summed E-state index contributed by atoms with van der Waals surface area (Å²) < 4.78 is 35.0.